The van der Waals surface area contributed by atoms with E-state index in [1.54, 1.807) is 0 Å². The maximum Gasteiger partial charge on any atom is 0.305 e. The van der Waals surface area contributed by atoms with Crippen LogP contribution >= 0.6 is 0 Å². The van der Waals surface area contributed by atoms with Crippen molar-refractivity contribution in [1.29, 1.82) is 0 Å². The van der Waals surface area contributed by atoms with Crippen molar-refractivity contribution in [1.82, 2.24) is 4.90 Å². The molecule has 0 aromatic heterocycles. The molecule has 1 saturated heterocycles. The van der Waals surface area contributed by atoms with Crippen LogP contribution in [0.25, 0.3) is 0 Å². The SMILES string of the molecule is CCOC(=O)CCCCCN1CCCCC1CO. The van der Waals surface area contributed by atoms with Crippen molar-refractivity contribution in [3.63, 3.8) is 0 Å². The Balaban J connectivity index is 2.04. The number of likely N-dealkylation sites (tertiary alicyclic amines) is 1. The summed E-state index contributed by atoms with van der Waals surface area (Å²) in [5.41, 5.74) is 0. The van der Waals surface area contributed by atoms with E-state index in [0.717, 1.165) is 38.8 Å². The zero-order valence-electron chi connectivity index (χ0n) is 11.6. The number of esters is 1. The van der Waals surface area contributed by atoms with Crippen LogP contribution in [0.4, 0.5) is 0 Å². The quantitative estimate of drug-likeness (QED) is 0.533. The molecule has 0 aliphatic carbocycles. The fourth-order valence-corrected chi connectivity index (χ4v) is 2.56. The third kappa shape index (κ3) is 5.83. The van der Waals surface area contributed by atoms with Gasteiger partial charge in [0.1, 0.15) is 0 Å². The molecular formula is C14H27NO3. The predicted molar refractivity (Wildman–Crippen MR) is 71.4 cm³/mol. The number of piperidine rings is 1. The number of hydrogen-bond donors (Lipinski definition) is 1. The van der Waals surface area contributed by atoms with Gasteiger partial charge in [0.15, 0.2) is 0 Å². The highest BCUT2D eigenvalue weighted by Gasteiger charge is 2.20. The van der Waals surface area contributed by atoms with Crippen molar-refractivity contribution < 1.29 is 14.6 Å². The summed E-state index contributed by atoms with van der Waals surface area (Å²) < 4.78 is 4.89. The molecule has 1 aliphatic rings. The molecule has 1 fully saturated rings. The number of nitrogens with zero attached hydrogens (tertiary/aromatic N) is 1. The van der Waals surface area contributed by atoms with Crippen LogP contribution in [0, 0.1) is 0 Å². The Labute approximate surface area is 110 Å². The molecule has 0 radical (unpaired) electrons. The summed E-state index contributed by atoms with van der Waals surface area (Å²) in [4.78, 5) is 13.5. The van der Waals surface area contributed by atoms with E-state index in [4.69, 9.17) is 4.74 Å². The van der Waals surface area contributed by atoms with Gasteiger partial charge in [-0.25, -0.2) is 0 Å². The van der Waals surface area contributed by atoms with E-state index in [-0.39, 0.29) is 12.6 Å². The van der Waals surface area contributed by atoms with Gasteiger partial charge in [-0.05, 0) is 45.7 Å². The van der Waals surface area contributed by atoms with E-state index < -0.39 is 0 Å². The number of aliphatic hydroxyl groups excluding tert-OH is 1. The van der Waals surface area contributed by atoms with Gasteiger partial charge >= 0.3 is 5.97 Å². The van der Waals surface area contributed by atoms with Crippen molar-refractivity contribution >= 4 is 5.97 Å². The van der Waals surface area contributed by atoms with Crippen LogP contribution in [-0.4, -0.2) is 48.3 Å². The lowest BCUT2D eigenvalue weighted by Crippen LogP contribution is -2.42. The Kier molecular flexibility index (Phi) is 8.01. The van der Waals surface area contributed by atoms with Crippen molar-refractivity contribution in [2.45, 2.75) is 57.9 Å². The van der Waals surface area contributed by atoms with Crippen LogP contribution in [0.3, 0.4) is 0 Å². The van der Waals surface area contributed by atoms with Crippen LogP contribution in [0.1, 0.15) is 51.9 Å². The van der Waals surface area contributed by atoms with Crippen LogP contribution in [-0.2, 0) is 9.53 Å². The lowest BCUT2D eigenvalue weighted by Gasteiger charge is -2.34. The molecule has 0 bridgehead atoms. The Bertz CT molecular complexity index is 233. The lowest BCUT2D eigenvalue weighted by molar-refractivity contribution is -0.143. The molecule has 0 aromatic rings. The number of unbranched alkanes of at least 4 members (excludes halogenated alkanes) is 2. The molecule has 1 atom stereocenters. The molecule has 0 saturated carbocycles. The summed E-state index contributed by atoms with van der Waals surface area (Å²) in [6.07, 6.45) is 7.24. The summed E-state index contributed by atoms with van der Waals surface area (Å²) in [5, 5.41) is 9.29. The number of hydrogen-bond acceptors (Lipinski definition) is 4. The highest BCUT2D eigenvalue weighted by Crippen LogP contribution is 2.17. The van der Waals surface area contributed by atoms with Gasteiger partial charge in [0.2, 0.25) is 0 Å². The normalized spacial score (nSPS) is 20.9. The van der Waals surface area contributed by atoms with Crippen LogP contribution in [0.15, 0.2) is 0 Å². The topological polar surface area (TPSA) is 49.8 Å². The summed E-state index contributed by atoms with van der Waals surface area (Å²) in [6, 6.07) is 0.365. The monoisotopic (exact) mass is 257 g/mol. The van der Waals surface area contributed by atoms with E-state index in [1.165, 1.54) is 12.8 Å². The average Bonchev–Trinajstić information content (AvgIpc) is 2.39. The van der Waals surface area contributed by atoms with E-state index in [1.807, 2.05) is 6.92 Å². The molecule has 18 heavy (non-hydrogen) atoms. The van der Waals surface area contributed by atoms with Gasteiger partial charge in [0, 0.05) is 12.5 Å². The third-order valence-corrected chi connectivity index (χ3v) is 3.59. The predicted octanol–water partition coefficient (Wildman–Crippen LogP) is 1.96. The fraction of sp³-hybridized carbons (Fsp3) is 0.929. The van der Waals surface area contributed by atoms with Gasteiger partial charge in [-0.1, -0.05) is 12.8 Å². The van der Waals surface area contributed by atoms with Crippen molar-refractivity contribution in [2.24, 2.45) is 0 Å². The largest absolute Gasteiger partial charge is 0.466 e. The second-order valence-corrected chi connectivity index (χ2v) is 4.98. The van der Waals surface area contributed by atoms with Gasteiger partial charge in [0.05, 0.1) is 13.2 Å². The first-order valence-corrected chi connectivity index (χ1v) is 7.28. The first-order valence-electron chi connectivity index (χ1n) is 7.28. The van der Waals surface area contributed by atoms with Gasteiger partial charge in [-0.15, -0.1) is 0 Å². The number of carbonyl (C=O) groups is 1. The van der Waals surface area contributed by atoms with Crippen LogP contribution in [0.5, 0.6) is 0 Å². The van der Waals surface area contributed by atoms with Crippen molar-refractivity contribution in [3.05, 3.63) is 0 Å². The molecule has 1 aliphatic heterocycles. The van der Waals surface area contributed by atoms with Gasteiger partial charge in [-0.3, -0.25) is 9.69 Å². The second kappa shape index (κ2) is 9.34. The molecule has 1 heterocycles. The molecule has 1 rings (SSSR count). The van der Waals surface area contributed by atoms with E-state index in [9.17, 15) is 9.90 Å². The summed E-state index contributed by atoms with van der Waals surface area (Å²) in [6.45, 7) is 4.76. The number of rotatable bonds is 8. The third-order valence-electron chi connectivity index (χ3n) is 3.59. The van der Waals surface area contributed by atoms with Crippen LogP contribution in [0.2, 0.25) is 0 Å². The van der Waals surface area contributed by atoms with E-state index >= 15 is 0 Å². The maximum absolute atomic E-state index is 11.1. The van der Waals surface area contributed by atoms with Gasteiger partial charge < -0.3 is 9.84 Å². The van der Waals surface area contributed by atoms with Gasteiger partial charge in [-0.2, -0.15) is 0 Å². The molecular weight excluding hydrogens is 230 g/mol. The van der Waals surface area contributed by atoms with E-state index in [2.05, 4.69) is 4.90 Å². The molecule has 0 spiro atoms. The smallest absolute Gasteiger partial charge is 0.305 e. The lowest BCUT2D eigenvalue weighted by atomic mass is 10.0. The first-order chi connectivity index (χ1) is 8.77. The summed E-state index contributed by atoms with van der Waals surface area (Å²) >= 11 is 0. The van der Waals surface area contributed by atoms with Crippen LogP contribution < -0.4 is 0 Å². The maximum atomic E-state index is 11.1. The minimum absolute atomic E-state index is 0.0799. The Morgan fingerprint density at radius 2 is 2.17 bits per heavy atom. The Morgan fingerprint density at radius 3 is 2.89 bits per heavy atom. The molecule has 4 heteroatoms. The molecule has 4 nitrogen and oxygen atoms in total. The molecule has 106 valence electrons. The average molecular weight is 257 g/mol. The number of ether oxygens (including phenoxy) is 1. The Hall–Kier alpha value is -0.610. The zero-order chi connectivity index (χ0) is 13.2. The summed E-state index contributed by atoms with van der Waals surface area (Å²) in [5.74, 6) is -0.0799. The Morgan fingerprint density at radius 1 is 1.33 bits per heavy atom. The summed E-state index contributed by atoms with van der Waals surface area (Å²) in [7, 11) is 0. The number of carbonyl (C=O) groups excluding carboxylic acids is 1. The zero-order valence-corrected chi connectivity index (χ0v) is 11.6. The highest BCUT2D eigenvalue weighted by molar-refractivity contribution is 5.69. The van der Waals surface area contributed by atoms with E-state index in [0.29, 0.717) is 19.1 Å². The molecule has 1 unspecified atom stereocenters. The fourth-order valence-electron chi connectivity index (χ4n) is 2.56. The molecule has 0 aromatic carbocycles. The van der Waals surface area contributed by atoms with Crippen molar-refractivity contribution in [2.75, 3.05) is 26.3 Å². The minimum Gasteiger partial charge on any atom is -0.466 e. The molecule has 1 N–H and O–H groups in total. The highest BCUT2D eigenvalue weighted by atomic mass is 16.5. The standard InChI is InChI=1S/C14H27NO3/c1-2-18-14(17)9-4-3-6-10-15-11-7-5-8-13(15)12-16/h13,16H,2-12H2,1H3. The second-order valence-electron chi connectivity index (χ2n) is 4.98. The minimum atomic E-state index is -0.0799. The molecule has 0 amide bonds. The number of aliphatic hydroxyl groups is 1. The van der Waals surface area contributed by atoms with Crippen molar-refractivity contribution in [3.8, 4) is 0 Å². The first kappa shape index (κ1) is 15.4. The van der Waals surface area contributed by atoms with Gasteiger partial charge in [0.25, 0.3) is 0 Å².